The predicted octanol–water partition coefficient (Wildman–Crippen LogP) is 4.14. The molecule has 130 valence electrons. The standard InChI is InChI=1S/C17H18F3NO2S/c1-12-7-8-14(13(2)9-12)11-21(3)24(22,23)16-6-4-5-15(10-16)17(18,19)20/h4-10H,11H2,1-3H3. The third kappa shape index (κ3) is 3.96. The van der Waals surface area contributed by atoms with E-state index in [4.69, 9.17) is 0 Å². The highest BCUT2D eigenvalue weighted by atomic mass is 32.2. The topological polar surface area (TPSA) is 37.4 Å². The highest BCUT2D eigenvalue weighted by Crippen LogP contribution is 2.31. The summed E-state index contributed by atoms with van der Waals surface area (Å²) in [5, 5.41) is 0. The maximum absolute atomic E-state index is 12.8. The van der Waals surface area contributed by atoms with Crippen LogP contribution in [-0.2, 0) is 22.7 Å². The quantitative estimate of drug-likeness (QED) is 0.825. The average molecular weight is 357 g/mol. The molecule has 0 aromatic heterocycles. The number of halogens is 3. The highest BCUT2D eigenvalue weighted by molar-refractivity contribution is 7.89. The number of aryl methyl sites for hydroxylation is 2. The van der Waals surface area contributed by atoms with Gasteiger partial charge in [0.2, 0.25) is 10.0 Å². The molecule has 24 heavy (non-hydrogen) atoms. The number of hydrogen-bond acceptors (Lipinski definition) is 2. The van der Waals surface area contributed by atoms with E-state index in [1.54, 1.807) is 0 Å². The molecule has 0 amide bonds. The lowest BCUT2D eigenvalue weighted by atomic mass is 10.1. The third-order valence-electron chi connectivity index (χ3n) is 3.76. The zero-order valence-corrected chi connectivity index (χ0v) is 14.4. The van der Waals surface area contributed by atoms with Gasteiger partial charge < -0.3 is 0 Å². The monoisotopic (exact) mass is 357 g/mol. The smallest absolute Gasteiger partial charge is 0.207 e. The molecule has 0 aliphatic carbocycles. The van der Waals surface area contributed by atoms with Crippen molar-refractivity contribution in [1.82, 2.24) is 4.31 Å². The van der Waals surface area contributed by atoms with Gasteiger partial charge in [-0.15, -0.1) is 0 Å². The SMILES string of the molecule is Cc1ccc(CN(C)S(=O)(=O)c2cccc(C(F)(F)F)c2)c(C)c1. The first-order valence-electron chi connectivity index (χ1n) is 7.21. The van der Waals surface area contributed by atoms with Crippen molar-refractivity contribution >= 4 is 10.0 Å². The van der Waals surface area contributed by atoms with Gasteiger partial charge in [-0.05, 0) is 43.2 Å². The second kappa shape index (κ2) is 6.57. The fraction of sp³-hybridized carbons (Fsp3) is 0.294. The summed E-state index contributed by atoms with van der Waals surface area (Å²) in [5.74, 6) is 0. The van der Waals surface area contributed by atoms with Crippen molar-refractivity contribution in [2.45, 2.75) is 31.5 Å². The molecule has 2 rings (SSSR count). The van der Waals surface area contributed by atoms with E-state index in [-0.39, 0.29) is 11.4 Å². The molecule has 7 heteroatoms. The van der Waals surface area contributed by atoms with Gasteiger partial charge in [-0.2, -0.15) is 17.5 Å². The van der Waals surface area contributed by atoms with Crippen LogP contribution >= 0.6 is 0 Å². The van der Waals surface area contributed by atoms with Crippen LogP contribution in [-0.4, -0.2) is 19.8 Å². The van der Waals surface area contributed by atoms with E-state index in [1.165, 1.54) is 13.1 Å². The number of rotatable bonds is 4. The van der Waals surface area contributed by atoms with Gasteiger partial charge in [0.25, 0.3) is 0 Å². The van der Waals surface area contributed by atoms with Crippen molar-refractivity contribution in [2.75, 3.05) is 7.05 Å². The Balaban J connectivity index is 2.33. The zero-order chi connectivity index (χ0) is 18.1. The van der Waals surface area contributed by atoms with Gasteiger partial charge >= 0.3 is 6.18 Å². The minimum absolute atomic E-state index is 0.0880. The molecule has 0 spiro atoms. The molecule has 0 heterocycles. The number of sulfonamides is 1. The van der Waals surface area contributed by atoms with Gasteiger partial charge in [0.1, 0.15) is 0 Å². The van der Waals surface area contributed by atoms with Crippen LogP contribution in [0.5, 0.6) is 0 Å². The van der Waals surface area contributed by atoms with Crippen molar-refractivity contribution in [1.29, 1.82) is 0 Å². The van der Waals surface area contributed by atoms with E-state index in [1.807, 2.05) is 32.0 Å². The Bertz CT molecular complexity index is 845. The van der Waals surface area contributed by atoms with E-state index < -0.39 is 21.8 Å². The molecule has 0 saturated carbocycles. The molecule has 0 fully saturated rings. The molecule has 2 aromatic rings. The summed E-state index contributed by atoms with van der Waals surface area (Å²) in [5.41, 5.74) is 1.81. The van der Waals surface area contributed by atoms with Gasteiger partial charge in [-0.25, -0.2) is 8.42 Å². The Morgan fingerprint density at radius 2 is 1.71 bits per heavy atom. The predicted molar refractivity (Wildman–Crippen MR) is 86.0 cm³/mol. The van der Waals surface area contributed by atoms with Crippen LogP contribution in [0.3, 0.4) is 0 Å². The summed E-state index contributed by atoms with van der Waals surface area (Å²) < 4.78 is 64.5. The molecule has 0 N–H and O–H groups in total. The number of nitrogens with zero attached hydrogens (tertiary/aromatic N) is 1. The van der Waals surface area contributed by atoms with Crippen molar-refractivity contribution < 1.29 is 21.6 Å². The molecule has 0 bridgehead atoms. The van der Waals surface area contributed by atoms with E-state index in [9.17, 15) is 21.6 Å². The van der Waals surface area contributed by atoms with Gasteiger partial charge in [-0.1, -0.05) is 29.8 Å². The van der Waals surface area contributed by atoms with Gasteiger partial charge in [0.15, 0.2) is 0 Å². The minimum atomic E-state index is -4.59. The minimum Gasteiger partial charge on any atom is -0.207 e. The second-order valence-electron chi connectivity index (χ2n) is 5.72. The van der Waals surface area contributed by atoms with E-state index in [2.05, 4.69) is 0 Å². The molecule has 0 atom stereocenters. The lowest BCUT2D eigenvalue weighted by Gasteiger charge is -2.19. The normalized spacial score (nSPS) is 12.6. The van der Waals surface area contributed by atoms with Crippen molar-refractivity contribution in [3.63, 3.8) is 0 Å². The number of alkyl halides is 3. The highest BCUT2D eigenvalue weighted by Gasteiger charge is 2.32. The Labute approximate surface area is 139 Å². The molecule has 0 aliphatic rings. The summed E-state index contributed by atoms with van der Waals surface area (Å²) in [6, 6.07) is 9.40. The van der Waals surface area contributed by atoms with Gasteiger partial charge in [-0.3, -0.25) is 0 Å². The van der Waals surface area contributed by atoms with E-state index >= 15 is 0 Å². The van der Waals surface area contributed by atoms with Crippen molar-refractivity contribution in [2.24, 2.45) is 0 Å². The summed E-state index contributed by atoms with van der Waals surface area (Å²) in [6.07, 6.45) is -4.59. The lowest BCUT2D eigenvalue weighted by molar-refractivity contribution is -0.137. The Hall–Kier alpha value is -1.86. The van der Waals surface area contributed by atoms with Crippen molar-refractivity contribution in [3.05, 3.63) is 64.7 Å². The Morgan fingerprint density at radius 1 is 1.04 bits per heavy atom. The fourth-order valence-corrected chi connectivity index (χ4v) is 3.56. The van der Waals surface area contributed by atoms with Gasteiger partial charge in [0.05, 0.1) is 10.5 Å². The van der Waals surface area contributed by atoms with E-state index in [0.29, 0.717) is 6.07 Å². The Morgan fingerprint density at radius 3 is 2.29 bits per heavy atom. The van der Waals surface area contributed by atoms with Crippen LogP contribution in [0.15, 0.2) is 47.4 Å². The zero-order valence-electron chi connectivity index (χ0n) is 13.6. The van der Waals surface area contributed by atoms with Crippen LogP contribution < -0.4 is 0 Å². The first-order chi connectivity index (χ1) is 11.0. The van der Waals surface area contributed by atoms with Crippen LogP contribution in [0.25, 0.3) is 0 Å². The third-order valence-corrected chi connectivity index (χ3v) is 5.56. The molecule has 0 aliphatic heterocycles. The van der Waals surface area contributed by atoms with Crippen molar-refractivity contribution in [3.8, 4) is 0 Å². The maximum atomic E-state index is 12.8. The fourth-order valence-electron chi connectivity index (χ4n) is 2.36. The molecule has 3 nitrogen and oxygen atoms in total. The Kier molecular flexibility index (Phi) is 5.05. The van der Waals surface area contributed by atoms with Crippen LogP contribution in [0.2, 0.25) is 0 Å². The number of benzene rings is 2. The van der Waals surface area contributed by atoms with Crippen LogP contribution in [0, 0.1) is 13.8 Å². The maximum Gasteiger partial charge on any atom is 0.416 e. The van der Waals surface area contributed by atoms with Crippen LogP contribution in [0.1, 0.15) is 22.3 Å². The summed E-state index contributed by atoms with van der Waals surface area (Å²) in [7, 11) is -2.66. The average Bonchev–Trinajstić information content (AvgIpc) is 2.49. The largest absolute Gasteiger partial charge is 0.416 e. The first kappa shape index (κ1) is 18.5. The molecular weight excluding hydrogens is 339 g/mol. The van der Waals surface area contributed by atoms with Crippen LogP contribution in [0.4, 0.5) is 13.2 Å². The first-order valence-corrected chi connectivity index (χ1v) is 8.65. The lowest BCUT2D eigenvalue weighted by Crippen LogP contribution is -2.27. The molecule has 0 unspecified atom stereocenters. The number of hydrogen-bond donors (Lipinski definition) is 0. The second-order valence-corrected chi connectivity index (χ2v) is 7.76. The molecule has 0 radical (unpaired) electrons. The molecule has 2 aromatic carbocycles. The summed E-state index contributed by atoms with van der Waals surface area (Å²) in [6.45, 7) is 3.89. The van der Waals surface area contributed by atoms with E-state index in [0.717, 1.165) is 33.1 Å². The summed E-state index contributed by atoms with van der Waals surface area (Å²) in [4.78, 5) is -0.371. The summed E-state index contributed by atoms with van der Waals surface area (Å²) >= 11 is 0. The molecule has 0 saturated heterocycles. The van der Waals surface area contributed by atoms with Gasteiger partial charge in [0, 0.05) is 13.6 Å². The molecular formula is C17H18F3NO2S.